The first-order chi connectivity index (χ1) is 15.8. The van der Waals surface area contributed by atoms with Crippen molar-refractivity contribution < 1.29 is 14.3 Å². The van der Waals surface area contributed by atoms with Gasteiger partial charge < -0.3 is 33.0 Å². The van der Waals surface area contributed by atoms with E-state index in [0.29, 0.717) is 36.1 Å². The summed E-state index contributed by atoms with van der Waals surface area (Å²) in [4.78, 5) is 28.4. The number of ether oxygens (including phenoxy) is 1. The molecule has 1 aliphatic rings. The van der Waals surface area contributed by atoms with E-state index in [2.05, 4.69) is 10.3 Å². The molecule has 3 rings (SSSR count). The maximum atomic E-state index is 12.6. The fourth-order valence-electron chi connectivity index (χ4n) is 3.92. The summed E-state index contributed by atoms with van der Waals surface area (Å²) in [6.07, 6.45) is 6.21. The third kappa shape index (κ3) is 7.21. The summed E-state index contributed by atoms with van der Waals surface area (Å²) in [7, 11) is 0. The van der Waals surface area contributed by atoms with Gasteiger partial charge in [-0.1, -0.05) is 31.4 Å². The van der Waals surface area contributed by atoms with E-state index in [1.165, 1.54) is 19.3 Å². The van der Waals surface area contributed by atoms with Crippen LogP contribution in [0.2, 0.25) is 0 Å². The van der Waals surface area contributed by atoms with Crippen molar-refractivity contribution in [1.29, 1.82) is 0 Å². The molecule has 1 aliphatic carbocycles. The van der Waals surface area contributed by atoms with Crippen molar-refractivity contribution in [3.05, 3.63) is 53.6 Å². The van der Waals surface area contributed by atoms with Gasteiger partial charge in [-0.15, -0.1) is 0 Å². The Kier molecular flexibility index (Phi) is 8.26. The molecule has 1 fully saturated rings. The van der Waals surface area contributed by atoms with Gasteiger partial charge in [0, 0.05) is 11.8 Å². The van der Waals surface area contributed by atoms with Crippen molar-refractivity contribution in [1.82, 2.24) is 0 Å². The number of rotatable bonds is 9. The molecule has 9 heteroatoms. The van der Waals surface area contributed by atoms with Crippen LogP contribution in [-0.2, 0) is 11.2 Å². The number of amides is 2. The molecular weight excluding hydrogens is 420 g/mol. The zero-order valence-corrected chi connectivity index (χ0v) is 18.6. The number of primary amides is 1. The highest BCUT2D eigenvalue weighted by Gasteiger charge is 2.19. The standard InChI is InChI=1S/C24H32N6O3/c25-20(12-15-6-8-17(9-7-15)30-24(27)28)23(32)29-18-10-11-19(22(26)31)21(13-18)33-14-16-4-2-1-3-5-16/h6-11,13,16,20H,1-5,12,14,25H2,(H2,26,31)(H,29,32)(H4,27,28,30)/t20-/m0/s1. The zero-order valence-electron chi connectivity index (χ0n) is 18.6. The monoisotopic (exact) mass is 452 g/mol. The molecule has 0 heterocycles. The van der Waals surface area contributed by atoms with Crippen molar-refractivity contribution in [2.75, 3.05) is 11.9 Å². The zero-order chi connectivity index (χ0) is 23.8. The Hall–Kier alpha value is -3.59. The third-order valence-corrected chi connectivity index (χ3v) is 5.70. The number of nitrogens with two attached hydrogens (primary N) is 4. The number of benzene rings is 2. The van der Waals surface area contributed by atoms with Crippen LogP contribution in [0.3, 0.4) is 0 Å². The van der Waals surface area contributed by atoms with Gasteiger partial charge in [0.1, 0.15) is 5.75 Å². The number of guanidine groups is 1. The van der Waals surface area contributed by atoms with Crippen LogP contribution in [0.1, 0.15) is 48.0 Å². The lowest BCUT2D eigenvalue weighted by Gasteiger charge is -2.22. The van der Waals surface area contributed by atoms with E-state index < -0.39 is 11.9 Å². The summed E-state index contributed by atoms with van der Waals surface area (Å²) in [5.74, 6) is -0.122. The first kappa shape index (κ1) is 24.1. The molecule has 2 aromatic rings. The number of carbonyl (C=O) groups excluding carboxylic acids is 2. The van der Waals surface area contributed by atoms with Crippen LogP contribution in [0.25, 0.3) is 0 Å². The van der Waals surface area contributed by atoms with Gasteiger partial charge in [-0.2, -0.15) is 0 Å². The average molecular weight is 453 g/mol. The molecule has 9 nitrogen and oxygen atoms in total. The highest BCUT2D eigenvalue weighted by atomic mass is 16.5. The number of hydrogen-bond donors (Lipinski definition) is 5. The summed E-state index contributed by atoms with van der Waals surface area (Å²) in [5.41, 5.74) is 24.6. The lowest BCUT2D eigenvalue weighted by atomic mass is 9.90. The molecule has 33 heavy (non-hydrogen) atoms. The Bertz CT molecular complexity index is 996. The van der Waals surface area contributed by atoms with Crippen LogP contribution in [0.5, 0.6) is 5.75 Å². The van der Waals surface area contributed by atoms with Crippen LogP contribution in [0, 0.1) is 5.92 Å². The lowest BCUT2D eigenvalue weighted by molar-refractivity contribution is -0.117. The molecule has 0 aromatic heterocycles. The molecule has 2 amide bonds. The number of aliphatic imine (C=N–C) groups is 1. The van der Waals surface area contributed by atoms with E-state index in [9.17, 15) is 9.59 Å². The fourth-order valence-corrected chi connectivity index (χ4v) is 3.92. The minimum Gasteiger partial charge on any atom is -0.492 e. The summed E-state index contributed by atoms with van der Waals surface area (Å²) in [5, 5.41) is 2.79. The molecule has 2 aromatic carbocycles. The number of hydrogen-bond acceptors (Lipinski definition) is 5. The van der Waals surface area contributed by atoms with Gasteiger partial charge in [0.2, 0.25) is 5.91 Å². The van der Waals surface area contributed by atoms with E-state index in [4.69, 9.17) is 27.7 Å². The quantitative estimate of drug-likeness (QED) is 0.288. The lowest BCUT2D eigenvalue weighted by Crippen LogP contribution is -2.37. The largest absolute Gasteiger partial charge is 0.492 e. The smallest absolute Gasteiger partial charge is 0.252 e. The van der Waals surface area contributed by atoms with Crippen LogP contribution < -0.4 is 33.0 Å². The molecular formula is C24H32N6O3. The van der Waals surface area contributed by atoms with Gasteiger partial charge in [-0.3, -0.25) is 9.59 Å². The van der Waals surface area contributed by atoms with Gasteiger partial charge in [0.15, 0.2) is 5.96 Å². The predicted octanol–water partition coefficient (Wildman–Crippen LogP) is 2.16. The summed E-state index contributed by atoms with van der Waals surface area (Å²) in [6, 6.07) is 11.1. The highest BCUT2D eigenvalue weighted by molar-refractivity contribution is 5.98. The van der Waals surface area contributed by atoms with E-state index in [1.807, 2.05) is 12.1 Å². The van der Waals surface area contributed by atoms with Crippen LogP contribution >= 0.6 is 0 Å². The highest BCUT2D eigenvalue weighted by Crippen LogP contribution is 2.28. The number of nitrogens with zero attached hydrogens (tertiary/aromatic N) is 1. The Balaban J connectivity index is 1.62. The van der Waals surface area contributed by atoms with Crippen molar-refractivity contribution >= 4 is 29.1 Å². The second-order valence-corrected chi connectivity index (χ2v) is 8.39. The number of carbonyl (C=O) groups is 2. The Labute approximate surface area is 193 Å². The number of nitrogens with one attached hydrogen (secondary N) is 1. The van der Waals surface area contributed by atoms with Gasteiger partial charge in [-0.05, 0) is 55.0 Å². The van der Waals surface area contributed by atoms with Gasteiger partial charge >= 0.3 is 0 Å². The maximum absolute atomic E-state index is 12.6. The SMILES string of the molecule is NC(=O)c1ccc(NC(=O)[C@@H](N)Cc2ccc(N=C(N)N)cc2)cc1OCC1CCCCC1. The van der Waals surface area contributed by atoms with E-state index in [1.54, 1.807) is 30.3 Å². The predicted molar refractivity (Wildman–Crippen MR) is 129 cm³/mol. The molecule has 176 valence electrons. The van der Waals surface area contributed by atoms with Crippen LogP contribution in [-0.4, -0.2) is 30.4 Å². The first-order valence-electron chi connectivity index (χ1n) is 11.1. The fraction of sp³-hybridized carbons (Fsp3) is 0.375. The molecule has 0 spiro atoms. The second kappa shape index (κ2) is 11.3. The Morgan fingerprint density at radius 3 is 2.36 bits per heavy atom. The molecule has 0 unspecified atom stereocenters. The maximum Gasteiger partial charge on any atom is 0.252 e. The molecule has 1 saturated carbocycles. The minimum atomic E-state index is -0.777. The third-order valence-electron chi connectivity index (χ3n) is 5.70. The first-order valence-corrected chi connectivity index (χ1v) is 11.1. The van der Waals surface area contributed by atoms with Crippen LogP contribution in [0.4, 0.5) is 11.4 Å². The Morgan fingerprint density at radius 1 is 1.03 bits per heavy atom. The van der Waals surface area contributed by atoms with Crippen molar-refractivity contribution in [3.8, 4) is 5.75 Å². The van der Waals surface area contributed by atoms with E-state index in [0.717, 1.165) is 18.4 Å². The average Bonchev–Trinajstić information content (AvgIpc) is 2.79. The number of anilines is 1. The van der Waals surface area contributed by atoms with Gasteiger partial charge in [-0.25, -0.2) is 4.99 Å². The molecule has 0 bridgehead atoms. The minimum absolute atomic E-state index is 0.0247. The summed E-state index contributed by atoms with van der Waals surface area (Å²) < 4.78 is 5.94. The molecule has 1 atom stereocenters. The molecule has 9 N–H and O–H groups in total. The molecule has 0 aliphatic heterocycles. The molecule has 0 saturated heterocycles. The summed E-state index contributed by atoms with van der Waals surface area (Å²) >= 11 is 0. The van der Waals surface area contributed by atoms with Crippen molar-refractivity contribution in [3.63, 3.8) is 0 Å². The summed E-state index contributed by atoms with van der Waals surface area (Å²) in [6.45, 7) is 0.521. The normalized spacial score (nSPS) is 14.8. The van der Waals surface area contributed by atoms with Gasteiger partial charge in [0.05, 0.1) is 23.9 Å². The van der Waals surface area contributed by atoms with Crippen molar-refractivity contribution in [2.24, 2.45) is 33.8 Å². The van der Waals surface area contributed by atoms with Gasteiger partial charge in [0.25, 0.3) is 5.91 Å². The Morgan fingerprint density at radius 2 is 1.73 bits per heavy atom. The van der Waals surface area contributed by atoms with Crippen LogP contribution in [0.15, 0.2) is 47.5 Å². The van der Waals surface area contributed by atoms with E-state index >= 15 is 0 Å². The van der Waals surface area contributed by atoms with Crippen molar-refractivity contribution in [2.45, 2.75) is 44.6 Å². The molecule has 0 radical (unpaired) electrons. The van der Waals surface area contributed by atoms with E-state index in [-0.39, 0.29) is 17.4 Å². The topological polar surface area (TPSA) is 172 Å². The second-order valence-electron chi connectivity index (χ2n) is 8.39.